The minimum absolute atomic E-state index is 0.115. The number of ether oxygens (including phenoxy) is 1. The number of carbonyl (C=O) groups excluding carboxylic acids is 1. The molecule has 7 heteroatoms. The minimum atomic E-state index is -0.115. The van der Waals surface area contributed by atoms with Gasteiger partial charge in [-0.15, -0.1) is 11.6 Å². The lowest BCUT2D eigenvalue weighted by Crippen LogP contribution is -2.30. The van der Waals surface area contributed by atoms with Crippen molar-refractivity contribution in [1.29, 1.82) is 0 Å². The zero-order valence-corrected chi connectivity index (χ0v) is 12.3. The summed E-state index contributed by atoms with van der Waals surface area (Å²) in [5, 5.41) is 2.77. The summed E-state index contributed by atoms with van der Waals surface area (Å²) >= 11 is 5.90. The number of pyridine rings is 1. The van der Waals surface area contributed by atoms with Crippen LogP contribution in [0.15, 0.2) is 12.3 Å². The number of amides is 1. The van der Waals surface area contributed by atoms with Gasteiger partial charge in [0, 0.05) is 19.9 Å². The summed E-state index contributed by atoms with van der Waals surface area (Å²) in [6.07, 6.45) is 1.71. The highest BCUT2D eigenvalue weighted by Gasteiger charge is 2.15. The fraction of sp³-hybridized carbons (Fsp3) is 0.462. The highest BCUT2D eigenvalue weighted by molar-refractivity contribution is 6.16. The van der Waals surface area contributed by atoms with Crippen molar-refractivity contribution in [3.05, 3.63) is 23.7 Å². The molecule has 2 aromatic rings. The van der Waals surface area contributed by atoms with E-state index in [9.17, 15) is 4.79 Å². The van der Waals surface area contributed by atoms with Crippen molar-refractivity contribution < 1.29 is 9.53 Å². The summed E-state index contributed by atoms with van der Waals surface area (Å²) in [5.41, 5.74) is 2.48. The lowest BCUT2D eigenvalue weighted by Gasteiger charge is -2.08. The molecule has 0 aromatic carbocycles. The number of imidazole rings is 1. The second kappa shape index (κ2) is 6.67. The second-order valence-corrected chi connectivity index (χ2v) is 4.66. The maximum atomic E-state index is 11.9. The monoisotopic (exact) mass is 296 g/mol. The summed E-state index contributed by atoms with van der Waals surface area (Å²) in [4.78, 5) is 20.6. The molecule has 0 fully saturated rings. The van der Waals surface area contributed by atoms with Gasteiger partial charge in [0.2, 0.25) is 5.91 Å². The molecule has 0 aliphatic carbocycles. The smallest absolute Gasteiger partial charge is 0.240 e. The molecule has 0 atom stereocenters. The van der Waals surface area contributed by atoms with Gasteiger partial charge in [-0.2, -0.15) is 0 Å². The van der Waals surface area contributed by atoms with E-state index in [-0.39, 0.29) is 18.3 Å². The molecule has 0 aliphatic rings. The third-order valence-electron chi connectivity index (χ3n) is 2.96. The number of rotatable bonds is 6. The lowest BCUT2D eigenvalue weighted by atomic mass is 10.3. The Bertz CT molecular complexity index is 612. The summed E-state index contributed by atoms with van der Waals surface area (Å²) < 4.78 is 6.64. The van der Waals surface area contributed by atoms with Gasteiger partial charge in [0.1, 0.15) is 17.9 Å². The number of alkyl halides is 1. The summed E-state index contributed by atoms with van der Waals surface area (Å²) in [6, 6.07) is 1.89. The molecule has 0 unspecified atom stereocenters. The van der Waals surface area contributed by atoms with Crippen molar-refractivity contribution >= 4 is 28.7 Å². The predicted molar refractivity (Wildman–Crippen MR) is 76.7 cm³/mol. The first kappa shape index (κ1) is 14.7. The molecule has 0 aliphatic heterocycles. The van der Waals surface area contributed by atoms with E-state index in [4.69, 9.17) is 16.3 Å². The van der Waals surface area contributed by atoms with Crippen molar-refractivity contribution in [3.63, 3.8) is 0 Å². The molecule has 0 saturated carbocycles. The van der Waals surface area contributed by atoms with Gasteiger partial charge in [-0.25, -0.2) is 9.97 Å². The van der Waals surface area contributed by atoms with Gasteiger partial charge in [-0.3, -0.25) is 4.79 Å². The van der Waals surface area contributed by atoms with Gasteiger partial charge in [-0.05, 0) is 18.6 Å². The largest absolute Gasteiger partial charge is 0.383 e. The van der Waals surface area contributed by atoms with Crippen LogP contribution < -0.4 is 5.32 Å². The molecule has 6 nitrogen and oxygen atoms in total. The van der Waals surface area contributed by atoms with E-state index in [1.807, 2.05) is 13.0 Å². The molecule has 108 valence electrons. The number of hydrogen-bond acceptors (Lipinski definition) is 4. The van der Waals surface area contributed by atoms with Crippen LogP contribution in [0.1, 0.15) is 11.4 Å². The van der Waals surface area contributed by atoms with E-state index in [1.54, 1.807) is 17.9 Å². The van der Waals surface area contributed by atoms with Crippen LogP contribution in [0.3, 0.4) is 0 Å². The Labute approximate surface area is 122 Å². The lowest BCUT2D eigenvalue weighted by molar-refractivity contribution is -0.121. The predicted octanol–water partition coefficient (Wildman–Crippen LogP) is 1.24. The fourth-order valence-electron chi connectivity index (χ4n) is 1.94. The van der Waals surface area contributed by atoms with Gasteiger partial charge in [0.15, 0.2) is 5.65 Å². The molecule has 2 rings (SSSR count). The molecule has 2 aromatic heterocycles. The Balaban J connectivity index is 2.24. The number of nitrogens with one attached hydrogen (secondary N) is 1. The minimum Gasteiger partial charge on any atom is -0.383 e. The number of fused-ring (bicyclic) bond motifs is 1. The van der Waals surface area contributed by atoms with Crippen LogP contribution in [0.4, 0.5) is 0 Å². The first-order valence-corrected chi connectivity index (χ1v) is 6.83. The van der Waals surface area contributed by atoms with Crippen molar-refractivity contribution in [2.45, 2.75) is 19.3 Å². The van der Waals surface area contributed by atoms with Crippen LogP contribution in [-0.2, 0) is 22.0 Å². The number of hydrogen-bond donors (Lipinski definition) is 1. The van der Waals surface area contributed by atoms with E-state index in [0.29, 0.717) is 24.6 Å². The third-order valence-corrected chi connectivity index (χ3v) is 3.20. The zero-order chi connectivity index (χ0) is 14.5. The quantitative estimate of drug-likeness (QED) is 0.643. The number of aromatic nitrogens is 3. The first-order chi connectivity index (χ1) is 9.67. The normalized spacial score (nSPS) is 10.9. The number of nitrogens with zero attached hydrogens (tertiary/aromatic N) is 3. The Morgan fingerprint density at radius 2 is 2.35 bits per heavy atom. The molecular weight excluding hydrogens is 280 g/mol. The van der Waals surface area contributed by atoms with E-state index < -0.39 is 0 Å². The molecule has 20 heavy (non-hydrogen) atoms. The SMILES string of the molecule is COCCNC(=O)Cn1c(CCl)nc2c(C)ccnc21. The summed E-state index contributed by atoms with van der Waals surface area (Å²) in [6.45, 7) is 3.07. The number of aryl methyl sites for hydroxylation is 1. The van der Waals surface area contributed by atoms with Crippen LogP contribution in [0.5, 0.6) is 0 Å². The summed E-state index contributed by atoms with van der Waals surface area (Å²) in [7, 11) is 1.59. The zero-order valence-electron chi connectivity index (χ0n) is 11.5. The molecule has 0 spiro atoms. The van der Waals surface area contributed by atoms with Crippen LogP contribution in [0, 0.1) is 6.92 Å². The van der Waals surface area contributed by atoms with Crippen molar-refractivity contribution in [3.8, 4) is 0 Å². The third kappa shape index (κ3) is 3.08. The fourth-order valence-corrected chi connectivity index (χ4v) is 2.15. The number of carbonyl (C=O) groups is 1. The standard InChI is InChI=1S/C13H17ClN4O2/c1-9-3-4-16-13-12(9)17-10(7-14)18(13)8-11(19)15-5-6-20-2/h3-4H,5-8H2,1-2H3,(H,15,19). The Morgan fingerprint density at radius 3 is 3.05 bits per heavy atom. The van der Waals surface area contributed by atoms with Gasteiger partial charge < -0.3 is 14.6 Å². The van der Waals surface area contributed by atoms with Crippen molar-refractivity contribution in [2.75, 3.05) is 20.3 Å². The van der Waals surface area contributed by atoms with Crippen LogP contribution in [-0.4, -0.2) is 40.7 Å². The molecule has 1 amide bonds. The topological polar surface area (TPSA) is 69.0 Å². The van der Waals surface area contributed by atoms with Crippen LogP contribution in [0.25, 0.3) is 11.2 Å². The van der Waals surface area contributed by atoms with E-state index in [2.05, 4.69) is 15.3 Å². The Hall–Kier alpha value is -1.66. The average molecular weight is 297 g/mol. The second-order valence-electron chi connectivity index (χ2n) is 4.39. The maximum absolute atomic E-state index is 11.9. The van der Waals surface area contributed by atoms with E-state index in [0.717, 1.165) is 11.1 Å². The molecule has 2 heterocycles. The molecule has 0 saturated heterocycles. The van der Waals surface area contributed by atoms with Gasteiger partial charge >= 0.3 is 0 Å². The van der Waals surface area contributed by atoms with Crippen LogP contribution >= 0.6 is 11.6 Å². The number of halogens is 1. The van der Waals surface area contributed by atoms with E-state index in [1.165, 1.54) is 0 Å². The summed E-state index contributed by atoms with van der Waals surface area (Å²) in [5.74, 6) is 0.766. The average Bonchev–Trinajstić information content (AvgIpc) is 2.79. The van der Waals surface area contributed by atoms with Crippen LogP contribution in [0.2, 0.25) is 0 Å². The molecular formula is C13H17ClN4O2. The van der Waals surface area contributed by atoms with E-state index >= 15 is 0 Å². The molecule has 0 bridgehead atoms. The molecule has 1 N–H and O–H groups in total. The maximum Gasteiger partial charge on any atom is 0.240 e. The van der Waals surface area contributed by atoms with Crippen molar-refractivity contribution in [1.82, 2.24) is 19.9 Å². The number of methoxy groups -OCH3 is 1. The van der Waals surface area contributed by atoms with Gasteiger partial charge in [0.25, 0.3) is 0 Å². The Kier molecular flexibility index (Phi) is 4.92. The van der Waals surface area contributed by atoms with Crippen molar-refractivity contribution in [2.24, 2.45) is 0 Å². The van der Waals surface area contributed by atoms with Gasteiger partial charge in [-0.1, -0.05) is 0 Å². The first-order valence-electron chi connectivity index (χ1n) is 6.29. The highest BCUT2D eigenvalue weighted by Crippen LogP contribution is 2.18. The Morgan fingerprint density at radius 1 is 1.55 bits per heavy atom. The highest BCUT2D eigenvalue weighted by atomic mass is 35.5. The molecule has 0 radical (unpaired) electrons. The van der Waals surface area contributed by atoms with Gasteiger partial charge in [0.05, 0.1) is 12.5 Å².